The lowest BCUT2D eigenvalue weighted by Crippen LogP contribution is -2.27. The van der Waals surface area contributed by atoms with Gasteiger partial charge in [0.05, 0.1) is 29.5 Å². The highest BCUT2D eigenvalue weighted by Crippen LogP contribution is 2.39. The molecule has 0 radical (unpaired) electrons. The summed E-state index contributed by atoms with van der Waals surface area (Å²) in [6, 6.07) is 24.1. The molecular formula is C27H23NO5. The first kappa shape index (κ1) is 21.0. The first-order valence-corrected chi connectivity index (χ1v) is 10.8. The average molecular weight is 441 g/mol. The van der Waals surface area contributed by atoms with E-state index in [1.807, 2.05) is 54.6 Å². The molecule has 5 rings (SSSR count). The van der Waals surface area contributed by atoms with Gasteiger partial charge in [0, 0.05) is 16.9 Å². The Bertz CT molecular complexity index is 1300. The molecule has 0 saturated carbocycles. The number of hydrogen-bond acceptors (Lipinski definition) is 5. The van der Waals surface area contributed by atoms with Crippen LogP contribution in [0.2, 0.25) is 0 Å². The Morgan fingerprint density at radius 2 is 1.85 bits per heavy atom. The van der Waals surface area contributed by atoms with Gasteiger partial charge in [-0.3, -0.25) is 0 Å². The molecule has 1 aliphatic rings. The van der Waals surface area contributed by atoms with Gasteiger partial charge in [-0.2, -0.15) is 0 Å². The zero-order chi connectivity index (χ0) is 22.8. The number of para-hydroxylation sites is 1. The van der Waals surface area contributed by atoms with Crippen molar-refractivity contribution in [1.29, 1.82) is 0 Å². The zero-order valence-corrected chi connectivity index (χ0v) is 17.8. The fourth-order valence-electron chi connectivity index (χ4n) is 4.12. The lowest BCUT2D eigenvalue weighted by atomic mass is 9.88. The third-order valence-corrected chi connectivity index (χ3v) is 5.94. The van der Waals surface area contributed by atoms with Crippen molar-refractivity contribution in [2.75, 3.05) is 6.61 Å². The molecule has 0 aliphatic carbocycles. The molecule has 2 N–H and O–H groups in total. The van der Waals surface area contributed by atoms with Crippen molar-refractivity contribution in [3.05, 3.63) is 101 Å². The Hall–Kier alpha value is -3.90. The van der Waals surface area contributed by atoms with Crippen LogP contribution >= 0.6 is 0 Å². The molecule has 2 heterocycles. The zero-order valence-electron chi connectivity index (χ0n) is 17.8. The summed E-state index contributed by atoms with van der Waals surface area (Å²) in [6.45, 7) is 0.704. The van der Waals surface area contributed by atoms with Crippen molar-refractivity contribution in [1.82, 2.24) is 4.98 Å². The van der Waals surface area contributed by atoms with Gasteiger partial charge in [-0.05, 0) is 54.4 Å². The van der Waals surface area contributed by atoms with Crippen LogP contribution < -0.4 is 9.47 Å². The maximum absolute atomic E-state index is 11.0. The smallest absolute Gasteiger partial charge is 0.335 e. The van der Waals surface area contributed by atoms with E-state index >= 15 is 0 Å². The Balaban J connectivity index is 1.28. The second-order valence-corrected chi connectivity index (χ2v) is 8.21. The van der Waals surface area contributed by atoms with Gasteiger partial charge < -0.3 is 19.7 Å². The monoisotopic (exact) mass is 441 g/mol. The quantitative estimate of drug-likeness (QED) is 0.447. The normalized spacial score (nSPS) is 17.2. The van der Waals surface area contributed by atoms with E-state index in [0.717, 1.165) is 22.2 Å². The first-order valence-electron chi connectivity index (χ1n) is 10.8. The van der Waals surface area contributed by atoms with Gasteiger partial charge >= 0.3 is 5.97 Å². The molecular weight excluding hydrogens is 418 g/mol. The van der Waals surface area contributed by atoms with Gasteiger partial charge in [-0.1, -0.05) is 36.4 Å². The summed E-state index contributed by atoms with van der Waals surface area (Å²) in [7, 11) is 0. The summed E-state index contributed by atoms with van der Waals surface area (Å²) < 4.78 is 11.8. The molecule has 2 unspecified atom stereocenters. The van der Waals surface area contributed by atoms with E-state index in [2.05, 4.69) is 4.98 Å². The lowest BCUT2D eigenvalue weighted by Gasteiger charge is -2.30. The lowest BCUT2D eigenvalue weighted by molar-refractivity contribution is 0.0504. The highest BCUT2D eigenvalue weighted by molar-refractivity contribution is 5.87. The molecule has 3 aromatic carbocycles. The predicted molar refractivity (Wildman–Crippen MR) is 124 cm³/mol. The van der Waals surface area contributed by atoms with Crippen LogP contribution in [-0.4, -0.2) is 27.8 Å². The maximum atomic E-state index is 11.0. The molecule has 1 aromatic heterocycles. The van der Waals surface area contributed by atoms with Crippen LogP contribution in [0.4, 0.5) is 0 Å². The SMILES string of the molecule is O=C(O)c1ccc(CC2COc3ccc(OCc4ccc5ccccc5n4)cc3C2O)cc1. The van der Waals surface area contributed by atoms with E-state index in [1.54, 1.807) is 24.3 Å². The minimum Gasteiger partial charge on any atom is -0.493 e. The molecule has 0 amide bonds. The van der Waals surface area contributed by atoms with Crippen LogP contribution in [-0.2, 0) is 13.0 Å². The van der Waals surface area contributed by atoms with Crippen molar-refractivity contribution in [2.45, 2.75) is 19.1 Å². The van der Waals surface area contributed by atoms with E-state index in [9.17, 15) is 9.90 Å². The summed E-state index contributed by atoms with van der Waals surface area (Å²) in [4.78, 5) is 15.7. The minimum atomic E-state index is -0.956. The van der Waals surface area contributed by atoms with Gasteiger partial charge in [0.25, 0.3) is 0 Å². The van der Waals surface area contributed by atoms with Crippen molar-refractivity contribution in [2.24, 2.45) is 5.92 Å². The number of benzene rings is 3. The molecule has 33 heavy (non-hydrogen) atoms. The Morgan fingerprint density at radius 1 is 1.03 bits per heavy atom. The first-order chi connectivity index (χ1) is 16.1. The molecule has 166 valence electrons. The van der Waals surface area contributed by atoms with Crippen molar-refractivity contribution in [3.63, 3.8) is 0 Å². The van der Waals surface area contributed by atoms with Crippen LogP contribution in [0, 0.1) is 5.92 Å². The third kappa shape index (κ3) is 4.52. The number of aliphatic hydroxyl groups excluding tert-OH is 1. The number of nitrogens with zero attached hydrogens (tertiary/aromatic N) is 1. The molecule has 2 atom stereocenters. The Kier molecular flexibility index (Phi) is 5.67. The van der Waals surface area contributed by atoms with Crippen LogP contribution in [0.25, 0.3) is 10.9 Å². The van der Waals surface area contributed by atoms with Crippen LogP contribution in [0.5, 0.6) is 11.5 Å². The molecule has 1 aliphatic heterocycles. The van der Waals surface area contributed by atoms with Gasteiger partial charge in [0.2, 0.25) is 0 Å². The van der Waals surface area contributed by atoms with Gasteiger partial charge in [-0.25, -0.2) is 9.78 Å². The number of aromatic nitrogens is 1. The number of carboxylic acids is 1. The fourth-order valence-corrected chi connectivity index (χ4v) is 4.12. The highest BCUT2D eigenvalue weighted by Gasteiger charge is 2.30. The summed E-state index contributed by atoms with van der Waals surface area (Å²) in [5.74, 6) is 0.183. The molecule has 4 aromatic rings. The third-order valence-electron chi connectivity index (χ3n) is 5.94. The minimum absolute atomic E-state index is 0.148. The molecule has 0 bridgehead atoms. The maximum Gasteiger partial charge on any atom is 0.335 e. The average Bonchev–Trinajstić information content (AvgIpc) is 2.85. The molecule has 0 saturated heterocycles. The van der Waals surface area contributed by atoms with Crippen molar-refractivity contribution in [3.8, 4) is 11.5 Å². The highest BCUT2D eigenvalue weighted by atomic mass is 16.5. The Labute approximate surface area is 191 Å². The molecule has 0 fully saturated rings. The molecule has 6 nitrogen and oxygen atoms in total. The number of aliphatic hydroxyl groups is 1. The summed E-state index contributed by atoms with van der Waals surface area (Å²) in [5.41, 5.74) is 3.63. The predicted octanol–water partition coefficient (Wildman–Crippen LogP) is 4.80. The van der Waals surface area contributed by atoms with Crippen molar-refractivity contribution >= 4 is 16.9 Å². The fraction of sp³-hybridized carbons (Fsp3) is 0.185. The van der Waals surface area contributed by atoms with Gasteiger partial charge in [0.1, 0.15) is 18.1 Å². The number of pyridine rings is 1. The standard InChI is InChI=1S/C27H23NO5/c29-26-20(13-17-5-7-19(8-6-17)27(30)31)15-33-25-12-11-22(14-23(25)26)32-16-21-10-9-18-3-1-2-4-24(18)28-21/h1-12,14,20,26,29H,13,15-16H2,(H,30,31). The van der Waals surface area contributed by atoms with Crippen LogP contribution in [0.15, 0.2) is 78.9 Å². The largest absolute Gasteiger partial charge is 0.493 e. The van der Waals surface area contributed by atoms with Gasteiger partial charge in [-0.15, -0.1) is 0 Å². The van der Waals surface area contributed by atoms with Crippen LogP contribution in [0.1, 0.15) is 33.3 Å². The second kappa shape index (κ2) is 8.92. The summed E-state index contributed by atoms with van der Waals surface area (Å²) >= 11 is 0. The van der Waals surface area contributed by atoms with Gasteiger partial charge in [0.15, 0.2) is 0 Å². The van der Waals surface area contributed by atoms with E-state index in [4.69, 9.17) is 14.6 Å². The number of carbonyl (C=O) groups is 1. The molecule has 6 heteroatoms. The number of ether oxygens (including phenoxy) is 2. The number of aromatic carboxylic acids is 1. The van der Waals surface area contributed by atoms with E-state index in [-0.39, 0.29) is 11.5 Å². The number of rotatable bonds is 6. The molecule has 0 spiro atoms. The number of fused-ring (bicyclic) bond motifs is 2. The number of hydrogen-bond donors (Lipinski definition) is 2. The summed E-state index contributed by atoms with van der Waals surface area (Å²) in [6.07, 6.45) is -0.137. The van der Waals surface area contributed by atoms with Crippen molar-refractivity contribution < 1.29 is 24.5 Å². The second-order valence-electron chi connectivity index (χ2n) is 8.21. The van der Waals surface area contributed by atoms with Crippen LogP contribution in [0.3, 0.4) is 0 Å². The Morgan fingerprint density at radius 3 is 2.67 bits per heavy atom. The summed E-state index contributed by atoms with van der Waals surface area (Å²) in [5, 5.41) is 21.2. The van der Waals surface area contributed by atoms with E-state index < -0.39 is 12.1 Å². The topological polar surface area (TPSA) is 88.9 Å². The van der Waals surface area contributed by atoms with E-state index in [0.29, 0.717) is 36.7 Å². The van der Waals surface area contributed by atoms with E-state index in [1.165, 1.54) is 0 Å². The number of carboxylic acid groups (broad SMARTS) is 1.